The van der Waals surface area contributed by atoms with Crippen LogP contribution in [0.15, 0.2) is 18.3 Å². The van der Waals surface area contributed by atoms with Crippen molar-refractivity contribution in [1.82, 2.24) is 9.88 Å². The first-order valence-electron chi connectivity index (χ1n) is 8.01. The van der Waals surface area contributed by atoms with Crippen LogP contribution in [0.2, 0.25) is 0 Å². The van der Waals surface area contributed by atoms with E-state index < -0.39 is 12.0 Å². The van der Waals surface area contributed by atoms with E-state index in [2.05, 4.69) is 14.8 Å². The van der Waals surface area contributed by atoms with Crippen molar-refractivity contribution in [2.75, 3.05) is 42.6 Å². The number of anilines is 1. The lowest BCUT2D eigenvalue weighted by Crippen LogP contribution is -2.39. The lowest BCUT2D eigenvalue weighted by molar-refractivity contribution is -0.143. The lowest BCUT2D eigenvalue weighted by atomic mass is 10.1. The topological polar surface area (TPSA) is 56.7 Å². The van der Waals surface area contributed by atoms with Gasteiger partial charge in [-0.15, -0.1) is 0 Å². The summed E-state index contributed by atoms with van der Waals surface area (Å²) >= 11 is 1.89. The Kier molecular flexibility index (Phi) is 5.20. The van der Waals surface area contributed by atoms with Gasteiger partial charge in [-0.25, -0.2) is 4.98 Å². The summed E-state index contributed by atoms with van der Waals surface area (Å²) in [5.74, 6) is 2.20. The molecule has 0 saturated carbocycles. The van der Waals surface area contributed by atoms with Crippen LogP contribution in [0, 0.1) is 0 Å². The fourth-order valence-electron chi connectivity index (χ4n) is 3.21. The van der Waals surface area contributed by atoms with Crippen LogP contribution in [0.5, 0.6) is 0 Å². The van der Waals surface area contributed by atoms with Gasteiger partial charge >= 0.3 is 5.97 Å². The third-order valence-corrected chi connectivity index (χ3v) is 5.35. The molecule has 3 rings (SSSR count). The summed E-state index contributed by atoms with van der Waals surface area (Å²) < 4.78 is 0. The van der Waals surface area contributed by atoms with Gasteiger partial charge in [-0.3, -0.25) is 9.69 Å². The van der Waals surface area contributed by atoms with Crippen molar-refractivity contribution in [3.8, 4) is 0 Å². The Hall–Kier alpha value is -1.27. The van der Waals surface area contributed by atoms with Crippen molar-refractivity contribution in [2.24, 2.45) is 0 Å². The van der Waals surface area contributed by atoms with Gasteiger partial charge in [0, 0.05) is 43.9 Å². The molecule has 5 nitrogen and oxygen atoms in total. The smallest absolute Gasteiger partial charge is 0.325 e. The van der Waals surface area contributed by atoms with E-state index in [0.717, 1.165) is 49.1 Å². The minimum absolute atomic E-state index is 0.566. The standard InChI is InChI=1S/C16H23N3O2S/c20-16(21)15(19-8-10-22-11-9-19)13-4-5-14(17-12-13)18-6-2-1-3-7-18/h4-5,12,15H,1-3,6-11H2,(H,20,21)/t15-/m0/s1. The highest BCUT2D eigenvalue weighted by Crippen LogP contribution is 2.26. The van der Waals surface area contributed by atoms with E-state index in [-0.39, 0.29) is 0 Å². The molecule has 0 aliphatic carbocycles. The van der Waals surface area contributed by atoms with Crippen LogP contribution >= 0.6 is 11.8 Å². The van der Waals surface area contributed by atoms with Crippen LogP contribution in [0.3, 0.4) is 0 Å². The summed E-state index contributed by atoms with van der Waals surface area (Å²) in [4.78, 5) is 20.6. The number of aromatic nitrogens is 1. The molecule has 2 saturated heterocycles. The molecule has 2 fully saturated rings. The number of aliphatic carboxylic acids is 1. The summed E-state index contributed by atoms with van der Waals surface area (Å²) in [6, 6.07) is 3.36. The predicted molar refractivity (Wildman–Crippen MR) is 89.6 cm³/mol. The Morgan fingerprint density at radius 2 is 1.86 bits per heavy atom. The first kappa shape index (κ1) is 15.6. The van der Waals surface area contributed by atoms with E-state index in [1.165, 1.54) is 19.3 Å². The minimum Gasteiger partial charge on any atom is -0.480 e. The highest BCUT2D eigenvalue weighted by atomic mass is 32.2. The van der Waals surface area contributed by atoms with Crippen LogP contribution in [0.1, 0.15) is 30.9 Å². The van der Waals surface area contributed by atoms with Gasteiger partial charge in [0.15, 0.2) is 0 Å². The molecule has 1 atom stereocenters. The lowest BCUT2D eigenvalue weighted by Gasteiger charge is -2.32. The van der Waals surface area contributed by atoms with E-state index in [1.54, 1.807) is 6.20 Å². The molecule has 2 aliphatic heterocycles. The van der Waals surface area contributed by atoms with Crippen LogP contribution in [0.4, 0.5) is 5.82 Å². The quantitative estimate of drug-likeness (QED) is 0.918. The van der Waals surface area contributed by atoms with Crippen molar-refractivity contribution in [3.63, 3.8) is 0 Å². The van der Waals surface area contributed by atoms with Crippen LogP contribution in [-0.2, 0) is 4.79 Å². The molecule has 120 valence electrons. The normalized spacial score (nSPS) is 21.5. The Morgan fingerprint density at radius 1 is 1.14 bits per heavy atom. The minimum atomic E-state index is -0.778. The molecule has 1 aromatic rings. The Bertz CT molecular complexity index is 497. The molecule has 0 bridgehead atoms. The van der Waals surface area contributed by atoms with Crippen molar-refractivity contribution in [2.45, 2.75) is 25.3 Å². The molecule has 22 heavy (non-hydrogen) atoms. The van der Waals surface area contributed by atoms with E-state index in [1.807, 2.05) is 23.9 Å². The van der Waals surface area contributed by atoms with Gasteiger partial charge in [-0.1, -0.05) is 6.07 Å². The SMILES string of the molecule is O=C(O)[C@H](c1ccc(N2CCCCC2)nc1)N1CCSCC1. The highest BCUT2D eigenvalue weighted by Gasteiger charge is 2.29. The number of carboxylic acid groups (broad SMARTS) is 1. The van der Waals surface area contributed by atoms with Gasteiger partial charge in [0.1, 0.15) is 11.9 Å². The second kappa shape index (κ2) is 7.33. The molecule has 1 aromatic heterocycles. The average molecular weight is 321 g/mol. The number of pyridine rings is 1. The summed E-state index contributed by atoms with van der Waals surface area (Å²) in [6.45, 7) is 3.77. The molecule has 0 unspecified atom stereocenters. The van der Waals surface area contributed by atoms with Crippen molar-refractivity contribution >= 4 is 23.5 Å². The number of hydrogen-bond acceptors (Lipinski definition) is 5. The number of piperidine rings is 1. The van der Waals surface area contributed by atoms with Crippen LogP contribution in [0.25, 0.3) is 0 Å². The zero-order valence-electron chi connectivity index (χ0n) is 12.8. The number of carboxylic acids is 1. The van der Waals surface area contributed by atoms with Crippen molar-refractivity contribution in [3.05, 3.63) is 23.9 Å². The number of hydrogen-bond donors (Lipinski definition) is 1. The predicted octanol–water partition coefficient (Wildman–Crippen LogP) is 2.25. The molecule has 0 aromatic carbocycles. The third-order valence-electron chi connectivity index (χ3n) is 4.41. The Labute approximate surface area is 135 Å². The molecule has 3 heterocycles. The Balaban J connectivity index is 1.75. The molecular formula is C16H23N3O2S. The number of nitrogens with zero attached hydrogens (tertiary/aromatic N) is 3. The molecule has 0 amide bonds. The number of rotatable bonds is 4. The zero-order chi connectivity index (χ0) is 15.4. The summed E-state index contributed by atoms with van der Waals surface area (Å²) in [6.07, 6.45) is 5.48. The van der Waals surface area contributed by atoms with Gasteiger partial charge in [0.05, 0.1) is 0 Å². The maximum Gasteiger partial charge on any atom is 0.325 e. The number of carbonyl (C=O) groups is 1. The van der Waals surface area contributed by atoms with Gasteiger partial charge in [0.2, 0.25) is 0 Å². The van der Waals surface area contributed by atoms with E-state index in [4.69, 9.17) is 0 Å². The van der Waals surface area contributed by atoms with Crippen LogP contribution in [-0.4, -0.2) is 58.6 Å². The van der Waals surface area contributed by atoms with Gasteiger partial charge in [-0.05, 0) is 30.9 Å². The highest BCUT2D eigenvalue weighted by molar-refractivity contribution is 7.99. The second-order valence-corrected chi connectivity index (χ2v) is 7.11. The Morgan fingerprint density at radius 3 is 2.45 bits per heavy atom. The van der Waals surface area contributed by atoms with E-state index >= 15 is 0 Å². The monoisotopic (exact) mass is 321 g/mol. The third kappa shape index (κ3) is 3.55. The van der Waals surface area contributed by atoms with E-state index in [0.29, 0.717) is 0 Å². The first-order valence-corrected chi connectivity index (χ1v) is 9.17. The fraction of sp³-hybridized carbons (Fsp3) is 0.625. The molecule has 2 aliphatic rings. The summed E-state index contributed by atoms with van der Waals surface area (Å²) in [5, 5.41) is 9.61. The fourth-order valence-corrected chi connectivity index (χ4v) is 4.15. The second-order valence-electron chi connectivity index (χ2n) is 5.89. The summed E-state index contributed by atoms with van der Waals surface area (Å²) in [7, 11) is 0. The van der Waals surface area contributed by atoms with Gasteiger partial charge in [0.25, 0.3) is 0 Å². The van der Waals surface area contributed by atoms with Crippen molar-refractivity contribution < 1.29 is 9.90 Å². The molecule has 0 radical (unpaired) electrons. The van der Waals surface area contributed by atoms with Gasteiger partial charge < -0.3 is 10.0 Å². The molecule has 6 heteroatoms. The van der Waals surface area contributed by atoms with Crippen molar-refractivity contribution in [1.29, 1.82) is 0 Å². The molecular weight excluding hydrogens is 298 g/mol. The first-order chi connectivity index (χ1) is 10.8. The average Bonchev–Trinajstić information content (AvgIpc) is 2.57. The van der Waals surface area contributed by atoms with Crippen LogP contribution < -0.4 is 4.90 Å². The maximum atomic E-state index is 11.7. The van der Waals surface area contributed by atoms with Gasteiger partial charge in [-0.2, -0.15) is 11.8 Å². The molecule has 0 spiro atoms. The summed E-state index contributed by atoms with van der Waals surface area (Å²) in [5.41, 5.74) is 0.792. The largest absolute Gasteiger partial charge is 0.480 e. The maximum absolute atomic E-state index is 11.7. The van der Waals surface area contributed by atoms with E-state index in [9.17, 15) is 9.90 Å². The number of thioether (sulfide) groups is 1. The zero-order valence-corrected chi connectivity index (χ0v) is 13.6. The molecule has 1 N–H and O–H groups in total.